The van der Waals surface area contributed by atoms with Crippen molar-refractivity contribution >= 4 is 5.97 Å². The molecule has 0 aliphatic heterocycles. The summed E-state index contributed by atoms with van der Waals surface area (Å²) in [6.07, 6.45) is 19.6. The number of unbranched alkanes of at least 4 members (excludes halogenated alkanes) is 5. The molecule has 0 bridgehead atoms. The SMILES string of the molecule is CCCCC=C[C@@H]1C[C@@H]1C=CCCCCCC(=O)OC. The summed E-state index contributed by atoms with van der Waals surface area (Å²) < 4.78 is 4.62. The molecule has 0 aromatic heterocycles. The van der Waals surface area contributed by atoms with Gasteiger partial charge >= 0.3 is 5.97 Å². The molecule has 0 spiro atoms. The van der Waals surface area contributed by atoms with Gasteiger partial charge in [-0.25, -0.2) is 0 Å². The monoisotopic (exact) mass is 278 g/mol. The van der Waals surface area contributed by atoms with Crippen LogP contribution in [-0.2, 0) is 9.53 Å². The Morgan fingerprint density at radius 2 is 1.70 bits per heavy atom. The Hall–Kier alpha value is -1.05. The van der Waals surface area contributed by atoms with Crippen LogP contribution in [0.2, 0.25) is 0 Å². The minimum Gasteiger partial charge on any atom is -0.469 e. The van der Waals surface area contributed by atoms with E-state index in [0.29, 0.717) is 6.42 Å². The average molecular weight is 278 g/mol. The van der Waals surface area contributed by atoms with Crippen molar-refractivity contribution in [3.63, 3.8) is 0 Å². The fourth-order valence-electron chi connectivity index (χ4n) is 2.35. The molecule has 1 saturated carbocycles. The Morgan fingerprint density at radius 1 is 1.05 bits per heavy atom. The molecule has 1 fully saturated rings. The van der Waals surface area contributed by atoms with E-state index in [1.54, 1.807) is 0 Å². The van der Waals surface area contributed by atoms with Gasteiger partial charge in [0.05, 0.1) is 7.11 Å². The van der Waals surface area contributed by atoms with E-state index in [4.69, 9.17) is 0 Å². The summed E-state index contributed by atoms with van der Waals surface area (Å²) in [5.74, 6) is 1.52. The van der Waals surface area contributed by atoms with Gasteiger partial charge in [0.2, 0.25) is 0 Å². The Kier molecular flexibility index (Phi) is 9.10. The molecule has 2 atom stereocenters. The lowest BCUT2D eigenvalue weighted by atomic mass is 10.1. The lowest BCUT2D eigenvalue weighted by Gasteiger charge is -1.98. The van der Waals surface area contributed by atoms with Crippen LogP contribution in [0.15, 0.2) is 24.3 Å². The molecular weight excluding hydrogens is 248 g/mol. The van der Waals surface area contributed by atoms with E-state index in [0.717, 1.165) is 31.1 Å². The predicted molar refractivity (Wildman–Crippen MR) is 84.5 cm³/mol. The second kappa shape index (κ2) is 10.7. The van der Waals surface area contributed by atoms with Gasteiger partial charge in [-0.3, -0.25) is 4.79 Å². The van der Waals surface area contributed by atoms with Crippen molar-refractivity contribution in [2.75, 3.05) is 7.11 Å². The van der Waals surface area contributed by atoms with Crippen molar-refractivity contribution in [1.82, 2.24) is 0 Å². The fraction of sp³-hybridized carbons (Fsp3) is 0.722. The van der Waals surface area contributed by atoms with Crippen LogP contribution in [0.5, 0.6) is 0 Å². The number of ether oxygens (including phenoxy) is 1. The summed E-state index contributed by atoms with van der Waals surface area (Å²) in [4.78, 5) is 10.9. The van der Waals surface area contributed by atoms with Crippen LogP contribution >= 0.6 is 0 Å². The molecule has 0 radical (unpaired) electrons. The third-order valence-corrected chi connectivity index (χ3v) is 3.86. The van der Waals surface area contributed by atoms with Gasteiger partial charge in [0, 0.05) is 6.42 Å². The van der Waals surface area contributed by atoms with E-state index in [-0.39, 0.29) is 5.97 Å². The highest BCUT2D eigenvalue weighted by Crippen LogP contribution is 2.40. The van der Waals surface area contributed by atoms with Crippen LogP contribution in [-0.4, -0.2) is 13.1 Å². The molecule has 1 rings (SSSR count). The largest absolute Gasteiger partial charge is 0.469 e. The topological polar surface area (TPSA) is 26.3 Å². The van der Waals surface area contributed by atoms with E-state index in [1.165, 1.54) is 39.2 Å². The van der Waals surface area contributed by atoms with Crippen LogP contribution in [0.25, 0.3) is 0 Å². The number of esters is 1. The van der Waals surface area contributed by atoms with E-state index in [2.05, 4.69) is 36.0 Å². The molecule has 114 valence electrons. The molecule has 0 saturated heterocycles. The summed E-state index contributed by atoms with van der Waals surface area (Å²) in [6, 6.07) is 0. The molecule has 1 aliphatic carbocycles. The van der Waals surface area contributed by atoms with Crippen LogP contribution in [0.4, 0.5) is 0 Å². The summed E-state index contributed by atoms with van der Waals surface area (Å²) >= 11 is 0. The third kappa shape index (κ3) is 8.19. The molecule has 0 N–H and O–H groups in total. The highest BCUT2D eigenvalue weighted by molar-refractivity contribution is 5.68. The van der Waals surface area contributed by atoms with Crippen LogP contribution in [0, 0.1) is 11.8 Å². The zero-order valence-electron chi connectivity index (χ0n) is 13.1. The van der Waals surface area contributed by atoms with E-state index < -0.39 is 0 Å². The van der Waals surface area contributed by atoms with Crippen molar-refractivity contribution < 1.29 is 9.53 Å². The first-order valence-corrected chi connectivity index (χ1v) is 8.18. The Morgan fingerprint density at radius 3 is 2.30 bits per heavy atom. The van der Waals surface area contributed by atoms with E-state index in [1.807, 2.05) is 0 Å². The first-order valence-electron chi connectivity index (χ1n) is 8.18. The summed E-state index contributed by atoms with van der Waals surface area (Å²) in [5.41, 5.74) is 0. The minimum atomic E-state index is -0.0868. The number of methoxy groups -OCH3 is 1. The Bertz CT molecular complexity index is 317. The van der Waals surface area contributed by atoms with Crippen molar-refractivity contribution in [2.24, 2.45) is 11.8 Å². The van der Waals surface area contributed by atoms with Gasteiger partial charge in [0.1, 0.15) is 0 Å². The first kappa shape index (κ1) is 17.0. The van der Waals surface area contributed by atoms with Crippen molar-refractivity contribution in [3.05, 3.63) is 24.3 Å². The number of allylic oxidation sites excluding steroid dienone is 4. The minimum absolute atomic E-state index is 0.0868. The molecule has 0 aromatic rings. The number of hydrogen-bond donors (Lipinski definition) is 0. The zero-order chi connectivity index (χ0) is 14.6. The van der Waals surface area contributed by atoms with Crippen molar-refractivity contribution in [2.45, 2.75) is 64.7 Å². The fourth-order valence-corrected chi connectivity index (χ4v) is 2.35. The van der Waals surface area contributed by atoms with Crippen LogP contribution in [0.3, 0.4) is 0 Å². The molecule has 0 heterocycles. The quantitative estimate of drug-likeness (QED) is 0.300. The second-order valence-electron chi connectivity index (χ2n) is 5.74. The van der Waals surface area contributed by atoms with Gasteiger partial charge in [-0.05, 0) is 43.9 Å². The van der Waals surface area contributed by atoms with Gasteiger partial charge in [-0.2, -0.15) is 0 Å². The molecule has 0 unspecified atom stereocenters. The van der Waals surface area contributed by atoms with Crippen molar-refractivity contribution in [1.29, 1.82) is 0 Å². The molecule has 1 aliphatic rings. The van der Waals surface area contributed by atoms with Gasteiger partial charge in [-0.15, -0.1) is 0 Å². The molecule has 2 heteroatoms. The van der Waals surface area contributed by atoms with E-state index >= 15 is 0 Å². The molecule has 20 heavy (non-hydrogen) atoms. The maximum Gasteiger partial charge on any atom is 0.305 e. The Labute approximate surface area is 124 Å². The molecular formula is C18H30O2. The van der Waals surface area contributed by atoms with Crippen LogP contribution < -0.4 is 0 Å². The number of hydrogen-bond acceptors (Lipinski definition) is 2. The van der Waals surface area contributed by atoms with Gasteiger partial charge in [0.25, 0.3) is 0 Å². The standard InChI is InChI=1S/C18H30O2/c1-3-4-5-9-12-16-15-17(16)13-10-7-6-8-11-14-18(19)20-2/h9-10,12-13,16-17H,3-8,11,14-15H2,1-2H3/t16-,17+/m1/s1. The van der Waals surface area contributed by atoms with E-state index in [9.17, 15) is 4.79 Å². The van der Waals surface area contributed by atoms with Gasteiger partial charge < -0.3 is 4.74 Å². The van der Waals surface area contributed by atoms with Crippen molar-refractivity contribution in [3.8, 4) is 0 Å². The maximum absolute atomic E-state index is 10.9. The lowest BCUT2D eigenvalue weighted by molar-refractivity contribution is -0.140. The normalized spacial score (nSPS) is 21.7. The van der Waals surface area contributed by atoms with Gasteiger partial charge in [0.15, 0.2) is 0 Å². The Balaban J connectivity index is 1.93. The van der Waals surface area contributed by atoms with Crippen LogP contribution in [0.1, 0.15) is 64.7 Å². The second-order valence-corrected chi connectivity index (χ2v) is 5.74. The molecule has 0 amide bonds. The number of carbonyl (C=O) groups excluding carboxylic acids is 1. The van der Waals surface area contributed by atoms with Gasteiger partial charge in [-0.1, -0.05) is 50.5 Å². The smallest absolute Gasteiger partial charge is 0.305 e. The maximum atomic E-state index is 10.9. The summed E-state index contributed by atoms with van der Waals surface area (Å²) in [7, 11) is 1.45. The lowest BCUT2D eigenvalue weighted by Crippen LogP contribution is -1.98. The first-order chi connectivity index (χ1) is 9.77. The molecule has 0 aromatic carbocycles. The number of rotatable bonds is 11. The number of carbonyl (C=O) groups is 1. The third-order valence-electron chi connectivity index (χ3n) is 3.86. The zero-order valence-corrected chi connectivity index (χ0v) is 13.1. The highest BCUT2D eigenvalue weighted by atomic mass is 16.5. The predicted octanol–water partition coefficient (Wildman–Crippen LogP) is 5.05. The average Bonchev–Trinajstić information content (AvgIpc) is 3.20. The summed E-state index contributed by atoms with van der Waals surface area (Å²) in [5, 5.41) is 0. The molecule has 2 nitrogen and oxygen atoms in total. The highest BCUT2D eigenvalue weighted by Gasteiger charge is 2.31. The summed E-state index contributed by atoms with van der Waals surface area (Å²) in [6.45, 7) is 2.24.